The third kappa shape index (κ3) is 3.69. The van der Waals surface area contributed by atoms with Crippen LogP contribution in [-0.2, 0) is 4.79 Å². The van der Waals surface area contributed by atoms with E-state index in [0.29, 0.717) is 32.6 Å². The van der Waals surface area contributed by atoms with Crippen molar-refractivity contribution in [3.8, 4) is 6.07 Å². The van der Waals surface area contributed by atoms with Gasteiger partial charge in [0, 0.05) is 21.6 Å². The van der Waals surface area contributed by atoms with Gasteiger partial charge in [-0.2, -0.15) is 5.26 Å². The Morgan fingerprint density at radius 2 is 2.04 bits per heavy atom. The highest BCUT2D eigenvalue weighted by molar-refractivity contribution is 7.99. The lowest BCUT2D eigenvalue weighted by Gasteiger charge is -2.04. The Kier molecular flexibility index (Phi) is 4.62. The molecule has 0 aliphatic rings. The quantitative estimate of drug-likeness (QED) is 0.510. The molecule has 0 saturated carbocycles. The summed E-state index contributed by atoms with van der Waals surface area (Å²) in [5.41, 5.74) is 3.27. The summed E-state index contributed by atoms with van der Waals surface area (Å²) in [4.78, 5) is 19.7. The van der Waals surface area contributed by atoms with Crippen molar-refractivity contribution in [2.24, 2.45) is 0 Å². The van der Waals surface area contributed by atoms with Crippen LogP contribution in [0.1, 0.15) is 5.56 Å². The van der Waals surface area contributed by atoms with Gasteiger partial charge < -0.3 is 10.3 Å². The van der Waals surface area contributed by atoms with Gasteiger partial charge in [0.25, 0.3) is 0 Å². The van der Waals surface area contributed by atoms with Gasteiger partial charge in [0.2, 0.25) is 11.1 Å². The fraction of sp³-hybridized carbons (Fsp3) is 0.0556. The molecule has 132 valence electrons. The first-order valence-corrected chi connectivity index (χ1v) is 9.23. The van der Waals surface area contributed by atoms with Crippen molar-refractivity contribution in [3.05, 3.63) is 53.1 Å². The van der Waals surface area contributed by atoms with E-state index in [1.54, 1.807) is 30.3 Å². The number of hydrogen-bond acceptors (Lipinski definition) is 6. The van der Waals surface area contributed by atoms with Crippen molar-refractivity contribution in [3.63, 3.8) is 0 Å². The number of rotatable bonds is 4. The Morgan fingerprint density at radius 3 is 2.81 bits per heavy atom. The summed E-state index contributed by atoms with van der Waals surface area (Å²) in [6.45, 7) is 0. The first-order chi connectivity index (χ1) is 13.1. The highest BCUT2D eigenvalue weighted by atomic mass is 35.5. The number of anilines is 1. The monoisotopic (exact) mass is 394 g/mol. The molecule has 4 aromatic rings. The molecule has 4 rings (SSSR count). The van der Waals surface area contributed by atoms with Gasteiger partial charge in [-0.3, -0.25) is 4.79 Å². The largest absolute Gasteiger partial charge is 0.338 e. The van der Waals surface area contributed by atoms with E-state index >= 15 is 0 Å². The van der Waals surface area contributed by atoms with Crippen LogP contribution in [0.3, 0.4) is 0 Å². The SMILES string of the molecule is N#Cc1ccc(NC(=O)CSc2nnc3c(n2)[nH]c2ccc(Cl)cc23)cc1. The zero-order valence-electron chi connectivity index (χ0n) is 13.7. The minimum atomic E-state index is -0.197. The van der Waals surface area contributed by atoms with Crippen molar-refractivity contribution in [2.75, 3.05) is 11.1 Å². The number of amides is 1. The molecule has 0 atom stereocenters. The predicted octanol–water partition coefficient (Wildman–Crippen LogP) is 3.76. The van der Waals surface area contributed by atoms with Gasteiger partial charge in [0.1, 0.15) is 5.52 Å². The van der Waals surface area contributed by atoms with Gasteiger partial charge in [-0.05, 0) is 42.5 Å². The third-order valence-corrected chi connectivity index (χ3v) is 4.86. The molecular formula is C18H11ClN6OS. The molecule has 1 amide bonds. The van der Waals surface area contributed by atoms with Crippen molar-refractivity contribution < 1.29 is 4.79 Å². The van der Waals surface area contributed by atoms with Crippen LogP contribution in [0.4, 0.5) is 5.69 Å². The predicted molar refractivity (Wildman–Crippen MR) is 105 cm³/mol. The smallest absolute Gasteiger partial charge is 0.234 e. The van der Waals surface area contributed by atoms with Crippen LogP contribution >= 0.6 is 23.4 Å². The second-order valence-electron chi connectivity index (χ2n) is 5.63. The maximum atomic E-state index is 12.1. The van der Waals surface area contributed by atoms with Crippen LogP contribution in [0.5, 0.6) is 0 Å². The van der Waals surface area contributed by atoms with E-state index in [4.69, 9.17) is 16.9 Å². The molecule has 27 heavy (non-hydrogen) atoms. The highest BCUT2D eigenvalue weighted by Crippen LogP contribution is 2.26. The number of carbonyl (C=O) groups excluding carboxylic acids is 1. The first-order valence-electron chi connectivity index (χ1n) is 7.87. The lowest BCUT2D eigenvalue weighted by molar-refractivity contribution is -0.113. The number of fused-ring (bicyclic) bond motifs is 3. The fourth-order valence-corrected chi connectivity index (χ4v) is 3.30. The van der Waals surface area contributed by atoms with Gasteiger partial charge in [-0.25, -0.2) is 4.98 Å². The van der Waals surface area contributed by atoms with E-state index in [0.717, 1.165) is 10.9 Å². The number of H-pyrrole nitrogens is 1. The molecule has 2 heterocycles. The number of benzene rings is 2. The van der Waals surface area contributed by atoms with Crippen LogP contribution in [0.25, 0.3) is 22.1 Å². The summed E-state index contributed by atoms with van der Waals surface area (Å²) in [5.74, 6) is -0.0592. The highest BCUT2D eigenvalue weighted by Gasteiger charge is 2.11. The number of halogens is 1. The Balaban J connectivity index is 1.45. The van der Waals surface area contributed by atoms with E-state index in [-0.39, 0.29) is 11.7 Å². The van der Waals surface area contributed by atoms with Crippen LogP contribution in [0, 0.1) is 11.3 Å². The average Bonchev–Trinajstić information content (AvgIpc) is 3.04. The zero-order chi connectivity index (χ0) is 18.8. The Morgan fingerprint density at radius 1 is 1.22 bits per heavy atom. The van der Waals surface area contributed by atoms with Gasteiger partial charge in [0.15, 0.2) is 5.65 Å². The second kappa shape index (κ2) is 7.23. The topological polar surface area (TPSA) is 107 Å². The summed E-state index contributed by atoms with van der Waals surface area (Å²) in [6.07, 6.45) is 0. The summed E-state index contributed by atoms with van der Waals surface area (Å²) in [6, 6.07) is 14.1. The van der Waals surface area contributed by atoms with Crippen LogP contribution in [0.2, 0.25) is 5.02 Å². The van der Waals surface area contributed by atoms with E-state index in [1.165, 1.54) is 11.8 Å². The van der Waals surface area contributed by atoms with Gasteiger partial charge >= 0.3 is 0 Å². The standard InChI is InChI=1S/C18H11ClN6OS/c19-11-3-6-14-13(7-11)16-17(22-14)23-18(25-24-16)27-9-15(26)21-12-4-1-10(8-20)2-5-12/h1-7H,9H2,(H,21,26)(H,22,23,25). The first kappa shape index (κ1) is 17.3. The Hall–Kier alpha value is -3.15. The van der Waals surface area contributed by atoms with E-state index in [1.807, 2.05) is 18.2 Å². The average molecular weight is 395 g/mol. The lowest BCUT2D eigenvalue weighted by atomic mass is 10.2. The molecule has 2 N–H and O–H groups in total. The number of nitriles is 1. The van der Waals surface area contributed by atoms with Gasteiger partial charge in [0.05, 0.1) is 17.4 Å². The van der Waals surface area contributed by atoms with E-state index in [2.05, 4.69) is 25.5 Å². The number of nitrogens with zero attached hydrogens (tertiary/aromatic N) is 4. The number of aromatic amines is 1. The molecule has 7 nitrogen and oxygen atoms in total. The maximum absolute atomic E-state index is 12.1. The molecule has 0 spiro atoms. The van der Waals surface area contributed by atoms with E-state index in [9.17, 15) is 4.79 Å². The van der Waals surface area contributed by atoms with Gasteiger partial charge in [-0.1, -0.05) is 23.4 Å². The molecule has 0 fully saturated rings. The zero-order valence-corrected chi connectivity index (χ0v) is 15.3. The molecule has 0 aliphatic heterocycles. The van der Waals surface area contributed by atoms with Crippen LogP contribution < -0.4 is 5.32 Å². The molecule has 0 bridgehead atoms. The van der Waals surface area contributed by atoms with Crippen LogP contribution in [0.15, 0.2) is 47.6 Å². The Labute approximate surface area is 162 Å². The van der Waals surface area contributed by atoms with Gasteiger partial charge in [-0.15, -0.1) is 10.2 Å². The number of nitrogens with one attached hydrogen (secondary N) is 2. The molecule has 0 aliphatic carbocycles. The molecule has 0 saturated heterocycles. The Bertz CT molecular complexity index is 1200. The number of carbonyl (C=O) groups is 1. The van der Waals surface area contributed by atoms with E-state index < -0.39 is 0 Å². The lowest BCUT2D eigenvalue weighted by Crippen LogP contribution is -2.14. The van der Waals surface area contributed by atoms with Crippen molar-refractivity contribution in [1.82, 2.24) is 20.2 Å². The molecular weight excluding hydrogens is 384 g/mol. The van der Waals surface area contributed by atoms with Crippen LogP contribution in [-0.4, -0.2) is 31.8 Å². The summed E-state index contributed by atoms with van der Waals surface area (Å²) < 4.78 is 0. The number of thioether (sulfide) groups is 1. The van der Waals surface area contributed by atoms with Crippen molar-refractivity contribution >= 4 is 57.0 Å². The molecule has 0 radical (unpaired) electrons. The number of aromatic nitrogens is 4. The maximum Gasteiger partial charge on any atom is 0.234 e. The second-order valence-corrected chi connectivity index (χ2v) is 7.01. The summed E-state index contributed by atoms with van der Waals surface area (Å²) in [7, 11) is 0. The summed E-state index contributed by atoms with van der Waals surface area (Å²) in [5, 5.41) is 21.7. The minimum Gasteiger partial charge on any atom is -0.338 e. The van der Waals surface area contributed by atoms with Crippen molar-refractivity contribution in [2.45, 2.75) is 5.16 Å². The number of hydrogen-bond donors (Lipinski definition) is 2. The normalized spacial score (nSPS) is 10.8. The van der Waals surface area contributed by atoms with Crippen molar-refractivity contribution in [1.29, 1.82) is 5.26 Å². The molecule has 0 unspecified atom stereocenters. The molecule has 2 aromatic heterocycles. The molecule has 2 aromatic carbocycles. The minimum absolute atomic E-state index is 0.138. The third-order valence-electron chi connectivity index (χ3n) is 3.79. The fourth-order valence-electron chi connectivity index (χ4n) is 2.55. The molecule has 9 heteroatoms. The summed E-state index contributed by atoms with van der Waals surface area (Å²) >= 11 is 7.22.